The van der Waals surface area contributed by atoms with Crippen LogP contribution in [0, 0.1) is 17.8 Å². The van der Waals surface area contributed by atoms with Crippen LogP contribution < -0.4 is 10.2 Å². The first-order chi connectivity index (χ1) is 16.8. The Morgan fingerprint density at radius 3 is 2.43 bits per heavy atom. The van der Waals surface area contributed by atoms with Crippen molar-refractivity contribution >= 4 is 40.8 Å². The van der Waals surface area contributed by atoms with Gasteiger partial charge in [-0.05, 0) is 109 Å². The Hall–Kier alpha value is -2.85. The van der Waals surface area contributed by atoms with Crippen molar-refractivity contribution in [3.63, 3.8) is 0 Å². The summed E-state index contributed by atoms with van der Waals surface area (Å²) >= 11 is 6.79. The number of anilines is 4. The van der Waals surface area contributed by atoms with Crippen LogP contribution in [0.4, 0.5) is 22.9 Å². The number of pyridine rings is 1. The smallest absolute Gasteiger partial charge is 0.153 e. The van der Waals surface area contributed by atoms with E-state index in [0.717, 1.165) is 46.1 Å². The van der Waals surface area contributed by atoms with Crippen LogP contribution in [0.3, 0.4) is 0 Å². The number of nitrogens with zero attached hydrogens (tertiary/aromatic N) is 2. The molecular formula is C30H34ClN3O. The van der Waals surface area contributed by atoms with Gasteiger partial charge in [0.25, 0.3) is 0 Å². The largest absolute Gasteiger partial charge is 0.354 e. The monoisotopic (exact) mass is 487 g/mol. The molecule has 4 nitrogen and oxygen atoms in total. The fraction of sp³-hybridized carbons (Fsp3) is 0.400. The highest BCUT2D eigenvalue weighted by Gasteiger charge is 2.41. The van der Waals surface area contributed by atoms with E-state index in [4.69, 9.17) is 11.6 Å². The topological polar surface area (TPSA) is 45.2 Å². The molecule has 182 valence electrons. The van der Waals surface area contributed by atoms with Gasteiger partial charge < -0.3 is 10.2 Å². The number of aldehydes is 1. The predicted molar refractivity (Wildman–Crippen MR) is 145 cm³/mol. The zero-order valence-electron chi connectivity index (χ0n) is 20.8. The van der Waals surface area contributed by atoms with Gasteiger partial charge in [-0.1, -0.05) is 31.5 Å². The number of hydrogen-bond donors (Lipinski definition) is 1. The number of carbonyl (C=O) groups is 1. The van der Waals surface area contributed by atoms with Crippen LogP contribution in [-0.4, -0.2) is 18.3 Å². The van der Waals surface area contributed by atoms with Gasteiger partial charge >= 0.3 is 0 Å². The Morgan fingerprint density at radius 1 is 1.06 bits per heavy atom. The average molecular weight is 488 g/mol. The van der Waals surface area contributed by atoms with Gasteiger partial charge in [0.1, 0.15) is 5.82 Å². The van der Waals surface area contributed by atoms with Crippen LogP contribution in [0.1, 0.15) is 61.9 Å². The molecule has 1 N–H and O–H groups in total. The van der Waals surface area contributed by atoms with Crippen molar-refractivity contribution in [1.82, 2.24) is 4.98 Å². The standard InChI is InChI=1S/C30H34ClN3O/c1-20-13-21-15-22(14-20)18-30(2,17-21)24-6-11-28(27(31)16-24)33-25-7-9-26(10-8-25)34(3)29-23(19-35)5-4-12-32-29/h4-12,16,19-22,33H,13-15,17-18H2,1-3H3. The first-order valence-electron chi connectivity index (χ1n) is 12.7. The third-order valence-electron chi connectivity index (χ3n) is 8.08. The fourth-order valence-electron chi connectivity index (χ4n) is 6.64. The molecule has 2 unspecified atom stereocenters. The highest BCUT2D eigenvalue weighted by molar-refractivity contribution is 6.33. The molecule has 5 heteroatoms. The van der Waals surface area contributed by atoms with Crippen LogP contribution in [0.25, 0.3) is 0 Å². The maximum absolute atomic E-state index is 11.4. The number of carbonyl (C=O) groups excluding carboxylic acids is 1. The van der Waals surface area contributed by atoms with Gasteiger partial charge in [-0.3, -0.25) is 4.79 Å². The zero-order chi connectivity index (χ0) is 24.6. The first kappa shape index (κ1) is 23.9. The number of benzene rings is 2. The molecule has 2 aliphatic carbocycles. The number of halogens is 1. The molecule has 3 aromatic rings. The quantitative estimate of drug-likeness (QED) is 0.356. The van der Waals surface area contributed by atoms with Gasteiger partial charge in [0, 0.05) is 24.6 Å². The van der Waals surface area contributed by atoms with Crippen molar-refractivity contribution in [2.45, 2.75) is 51.4 Å². The van der Waals surface area contributed by atoms with Gasteiger partial charge in [0.15, 0.2) is 6.29 Å². The summed E-state index contributed by atoms with van der Waals surface area (Å²) in [6, 6.07) is 18.2. The Balaban J connectivity index is 1.30. The lowest BCUT2D eigenvalue weighted by molar-refractivity contribution is 0.0899. The lowest BCUT2D eigenvalue weighted by Gasteiger charge is -2.47. The number of rotatable bonds is 6. The number of fused-ring (bicyclic) bond motifs is 2. The lowest BCUT2D eigenvalue weighted by atomic mass is 9.57. The molecule has 2 aromatic carbocycles. The Labute approximate surface area is 213 Å². The van der Waals surface area contributed by atoms with Crippen LogP contribution in [0.15, 0.2) is 60.8 Å². The van der Waals surface area contributed by atoms with E-state index in [1.165, 1.54) is 37.7 Å². The molecule has 0 saturated heterocycles. The van der Waals surface area contributed by atoms with E-state index in [-0.39, 0.29) is 5.41 Å². The number of aromatic nitrogens is 1. The average Bonchev–Trinajstić information content (AvgIpc) is 2.84. The lowest BCUT2D eigenvalue weighted by Crippen LogP contribution is -2.38. The SMILES string of the molecule is CC1CC2CC(C1)CC(C)(c1ccc(Nc3ccc(N(C)c4ncccc4C=O)cc3)c(Cl)c1)C2. The maximum Gasteiger partial charge on any atom is 0.153 e. The van der Waals surface area contributed by atoms with Crippen molar-refractivity contribution in [3.05, 3.63) is 76.9 Å². The molecular weight excluding hydrogens is 454 g/mol. The minimum Gasteiger partial charge on any atom is -0.354 e. The minimum absolute atomic E-state index is 0.216. The van der Waals surface area contributed by atoms with E-state index in [1.54, 1.807) is 18.3 Å². The Bertz CT molecular complexity index is 1190. The predicted octanol–water partition coefficient (Wildman–Crippen LogP) is 8.16. The highest BCUT2D eigenvalue weighted by atomic mass is 35.5. The number of hydrogen-bond acceptors (Lipinski definition) is 4. The minimum atomic E-state index is 0.216. The van der Waals surface area contributed by atoms with E-state index >= 15 is 0 Å². The summed E-state index contributed by atoms with van der Waals surface area (Å²) in [5, 5.41) is 4.23. The summed E-state index contributed by atoms with van der Waals surface area (Å²) in [7, 11) is 1.91. The van der Waals surface area contributed by atoms with Crippen molar-refractivity contribution < 1.29 is 4.79 Å². The molecule has 2 bridgehead atoms. The van der Waals surface area contributed by atoms with Crippen molar-refractivity contribution in [2.75, 3.05) is 17.3 Å². The van der Waals surface area contributed by atoms with E-state index in [9.17, 15) is 4.79 Å². The summed E-state index contributed by atoms with van der Waals surface area (Å²) in [4.78, 5) is 17.6. The Morgan fingerprint density at radius 2 is 1.77 bits per heavy atom. The molecule has 2 saturated carbocycles. The first-order valence-corrected chi connectivity index (χ1v) is 13.0. The second-order valence-corrected chi connectivity index (χ2v) is 11.4. The molecule has 35 heavy (non-hydrogen) atoms. The molecule has 5 rings (SSSR count). The van der Waals surface area contributed by atoms with Crippen LogP contribution in [0.5, 0.6) is 0 Å². The molecule has 2 fully saturated rings. The van der Waals surface area contributed by atoms with Gasteiger partial charge in [-0.25, -0.2) is 4.98 Å². The summed E-state index contributed by atoms with van der Waals surface area (Å²) in [5.74, 6) is 3.21. The van der Waals surface area contributed by atoms with Gasteiger partial charge in [0.05, 0.1) is 16.3 Å². The molecule has 2 aliphatic rings. The van der Waals surface area contributed by atoms with Crippen LogP contribution in [0.2, 0.25) is 5.02 Å². The van der Waals surface area contributed by atoms with E-state index in [2.05, 4.69) is 42.3 Å². The normalized spacial score (nSPS) is 25.7. The van der Waals surface area contributed by atoms with Crippen molar-refractivity contribution in [2.24, 2.45) is 17.8 Å². The van der Waals surface area contributed by atoms with Gasteiger partial charge in [-0.2, -0.15) is 0 Å². The van der Waals surface area contributed by atoms with Gasteiger partial charge in [-0.15, -0.1) is 0 Å². The fourth-order valence-corrected chi connectivity index (χ4v) is 6.87. The molecule has 1 aromatic heterocycles. The van der Waals surface area contributed by atoms with E-state index in [0.29, 0.717) is 11.4 Å². The summed E-state index contributed by atoms with van der Waals surface area (Å²) < 4.78 is 0. The third kappa shape index (κ3) is 4.95. The molecule has 0 radical (unpaired) electrons. The molecule has 2 atom stereocenters. The van der Waals surface area contributed by atoms with Crippen LogP contribution >= 0.6 is 11.6 Å². The van der Waals surface area contributed by atoms with E-state index in [1.807, 2.05) is 36.2 Å². The molecule has 0 aliphatic heterocycles. The molecule has 0 amide bonds. The summed E-state index contributed by atoms with van der Waals surface area (Å²) in [6.07, 6.45) is 9.24. The van der Waals surface area contributed by atoms with E-state index < -0.39 is 0 Å². The Kier molecular flexibility index (Phi) is 6.59. The summed E-state index contributed by atoms with van der Waals surface area (Å²) in [6.45, 7) is 4.86. The van der Waals surface area contributed by atoms with Gasteiger partial charge in [0.2, 0.25) is 0 Å². The molecule has 1 heterocycles. The van der Waals surface area contributed by atoms with Crippen LogP contribution in [-0.2, 0) is 5.41 Å². The maximum atomic E-state index is 11.4. The van der Waals surface area contributed by atoms with Crippen molar-refractivity contribution in [3.8, 4) is 0 Å². The second kappa shape index (κ2) is 9.66. The highest BCUT2D eigenvalue weighted by Crippen LogP contribution is 2.51. The third-order valence-corrected chi connectivity index (χ3v) is 8.39. The zero-order valence-corrected chi connectivity index (χ0v) is 21.6. The van der Waals surface area contributed by atoms with Crippen molar-refractivity contribution in [1.29, 1.82) is 0 Å². The number of nitrogens with one attached hydrogen (secondary N) is 1. The summed E-state index contributed by atoms with van der Waals surface area (Å²) in [5.41, 5.74) is 4.97. The second-order valence-electron chi connectivity index (χ2n) is 11.0. The molecule has 0 spiro atoms.